The van der Waals surface area contributed by atoms with E-state index in [1.54, 1.807) is 6.07 Å². The fourth-order valence-corrected chi connectivity index (χ4v) is 2.70. The first kappa shape index (κ1) is 16.6. The third kappa shape index (κ3) is 3.47. The van der Waals surface area contributed by atoms with Crippen molar-refractivity contribution in [3.63, 3.8) is 0 Å². The van der Waals surface area contributed by atoms with Crippen LogP contribution in [0.4, 0.5) is 21.5 Å². The number of carbonyl (C=O) groups excluding carboxylic acids is 2. The second-order valence-corrected chi connectivity index (χ2v) is 5.65. The quantitative estimate of drug-likeness (QED) is 0.682. The monoisotopic (exact) mass is 343 g/mol. The first-order chi connectivity index (χ1) is 12.0. The number of hydrogen-bond donors (Lipinski definition) is 1. The SMILES string of the molecule is O=C(Nc1ccc([N+](=O)[O-])cc1)C1CC(=O)N(c2ccccc2F)C1. The van der Waals surface area contributed by atoms with Crippen molar-refractivity contribution in [1.29, 1.82) is 0 Å². The van der Waals surface area contributed by atoms with E-state index in [4.69, 9.17) is 0 Å². The van der Waals surface area contributed by atoms with Crippen LogP contribution in [0.3, 0.4) is 0 Å². The zero-order valence-corrected chi connectivity index (χ0v) is 13.0. The summed E-state index contributed by atoms with van der Waals surface area (Å²) in [6.45, 7) is 0.0819. The van der Waals surface area contributed by atoms with Gasteiger partial charge < -0.3 is 10.2 Å². The lowest BCUT2D eigenvalue weighted by Gasteiger charge is -2.17. The number of benzene rings is 2. The van der Waals surface area contributed by atoms with Gasteiger partial charge in [-0.2, -0.15) is 0 Å². The predicted octanol–water partition coefficient (Wildman–Crippen LogP) is 2.73. The average molecular weight is 343 g/mol. The molecule has 0 saturated carbocycles. The summed E-state index contributed by atoms with van der Waals surface area (Å²) in [5, 5.41) is 13.2. The van der Waals surface area contributed by atoms with Crippen LogP contribution in [0, 0.1) is 21.8 Å². The Balaban J connectivity index is 1.68. The Kier molecular flexibility index (Phi) is 4.42. The van der Waals surface area contributed by atoms with Crippen molar-refractivity contribution in [3.05, 3.63) is 64.5 Å². The molecule has 1 saturated heterocycles. The van der Waals surface area contributed by atoms with E-state index in [0.29, 0.717) is 5.69 Å². The van der Waals surface area contributed by atoms with Gasteiger partial charge in [0.15, 0.2) is 0 Å². The molecule has 3 rings (SSSR count). The minimum atomic E-state index is -0.623. The number of halogens is 1. The van der Waals surface area contributed by atoms with Crippen LogP contribution in [0.2, 0.25) is 0 Å². The van der Waals surface area contributed by atoms with Gasteiger partial charge in [0.2, 0.25) is 11.8 Å². The zero-order chi connectivity index (χ0) is 18.0. The molecule has 0 aliphatic carbocycles. The molecule has 1 atom stereocenters. The number of nitro groups is 1. The molecule has 0 radical (unpaired) electrons. The first-order valence-corrected chi connectivity index (χ1v) is 7.56. The molecule has 1 aliphatic rings. The van der Waals surface area contributed by atoms with Gasteiger partial charge >= 0.3 is 0 Å². The lowest BCUT2D eigenvalue weighted by molar-refractivity contribution is -0.384. The van der Waals surface area contributed by atoms with Crippen LogP contribution < -0.4 is 10.2 Å². The standard InChI is InChI=1S/C17H14FN3O4/c18-14-3-1-2-4-15(14)20-10-11(9-16(20)22)17(23)19-12-5-7-13(8-6-12)21(24)25/h1-8,11H,9-10H2,(H,19,23). The number of hydrogen-bond acceptors (Lipinski definition) is 4. The van der Waals surface area contributed by atoms with Crippen molar-refractivity contribution < 1.29 is 18.9 Å². The highest BCUT2D eigenvalue weighted by atomic mass is 19.1. The van der Waals surface area contributed by atoms with Crippen molar-refractivity contribution in [2.45, 2.75) is 6.42 Å². The number of para-hydroxylation sites is 1. The highest BCUT2D eigenvalue weighted by molar-refractivity contribution is 6.03. The second kappa shape index (κ2) is 6.68. The summed E-state index contributed by atoms with van der Waals surface area (Å²) in [5.74, 6) is -1.86. The molecule has 1 fully saturated rings. The molecule has 2 amide bonds. The number of rotatable bonds is 4. The predicted molar refractivity (Wildman–Crippen MR) is 88.6 cm³/mol. The molecule has 128 valence electrons. The van der Waals surface area contributed by atoms with Crippen molar-refractivity contribution >= 4 is 28.9 Å². The van der Waals surface area contributed by atoms with Gasteiger partial charge in [-0.1, -0.05) is 12.1 Å². The normalized spacial score (nSPS) is 16.8. The molecule has 25 heavy (non-hydrogen) atoms. The highest BCUT2D eigenvalue weighted by Gasteiger charge is 2.36. The lowest BCUT2D eigenvalue weighted by Crippen LogP contribution is -2.28. The van der Waals surface area contributed by atoms with Crippen molar-refractivity contribution in [2.75, 3.05) is 16.8 Å². The third-order valence-electron chi connectivity index (χ3n) is 3.98. The molecule has 0 aromatic heterocycles. The van der Waals surface area contributed by atoms with E-state index in [1.165, 1.54) is 47.4 Å². The maximum Gasteiger partial charge on any atom is 0.269 e. The van der Waals surface area contributed by atoms with Crippen molar-refractivity contribution in [3.8, 4) is 0 Å². The van der Waals surface area contributed by atoms with Gasteiger partial charge in [-0.25, -0.2) is 4.39 Å². The Bertz CT molecular complexity index is 838. The van der Waals surface area contributed by atoms with Gasteiger partial charge in [0, 0.05) is 30.8 Å². The summed E-state index contributed by atoms with van der Waals surface area (Å²) in [5.41, 5.74) is 0.463. The van der Waals surface area contributed by atoms with E-state index < -0.39 is 16.7 Å². The van der Waals surface area contributed by atoms with E-state index in [9.17, 15) is 24.1 Å². The van der Waals surface area contributed by atoms with E-state index in [-0.39, 0.29) is 36.2 Å². The summed E-state index contributed by atoms with van der Waals surface area (Å²) in [4.78, 5) is 35.8. The molecule has 7 nitrogen and oxygen atoms in total. The molecule has 1 unspecified atom stereocenters. The Morgan fingerprint density at radius 2 is 1.88 bits per heavy atom. The Labute approximate surface area is 142 Å². The van der Waals surface area contributed by atoms with Crippen LogP contribution >= 0.6 is 0 Å². The number of nitro benzene ring substituents is 1. The zero-order valence-electron chi connectivity index (χ0n) is 13.0. The van der Waals surface area contributed by atoms with Gasteiger partial charge in [-0.3, -0.25) is 19.7 Å². The van der Waals surface area contributed by atoms with Crippen molar-refractivity contribution in [1.82, 2.24) is 0 Å². The van der Waals surface area contributed by atoms with Gasteiger partial charge in [0.05, 0.1) is 16.5 Å². The highest BCUT2D eigenvalue weighted by Crippen LogP contribution is 2.28. The fourth-order valence-electron chi connectivity index (χ4n) is 2.70. The Morgan fingerprint density at radius 3 is 2.52 bits per heavy atom. The summed E-state index contributed by atoms with van der Waals surface area (Å²) in [6, 6.07) is 11.3. The Morgan fingerprint density at radius 1 is 1.20 bits per heavy atom. The van der Waals surface area contributed by atoms with Crippen LogP contribution in [-0.2, 0) is 9.59 Å². The number of nitrogens with zero attached hydrogens (tertiary/aromatic N) is 2. The van der Waals surface area contributed by atoms with Crippen LogP contribution in [0.5, 0.6) is 0 Å². The smallest absolute Gasteiger partial charge is 0.269 e. The minimum Gasteiger partial charge on any atom is -0.326 e. The maximum absolute atomic E-state index is 13.8. The molecule has 8 heteroatoms. The van der Waals surface area contributed by atoms with Crippen LogP contribution in [-0.4, -0.2) is 23.3 Å². The third-order valence-corrected chi connectivity index (χ3v) is 3.98. The Hall–Kier alpha value is -3.29. The number of carbonyl (C=O) groups is 2. The van der Waals surface area contributed by atoms with E-state index in [0.717, 1.165) is 0 Å². The lowest BCUT2D eigenvalue weighted by atomic mass is 10.1. The molecule has 2 aromatic carbocycles. The van der Waals surface area contributed by atoms with Crippen LogP contribution in [0.15, 0.2) is 48.5 Å². The summed E-state index contributed by atoms with van der Waals surface area (Å²) in [7, 11) is 0. The van der Waals surface area contributed by atoms with Gasteiger partial charge in [0.1, 0.15) is 5.82 Å². The van der Waals surface area contributed by atoms with Gasteiger partial charge in [0.25, 0.3) is 5.69 Å². The van der Waals surface area contributed by atoms with Gasteiger partial charge in [-0.15, -0.1) is 0 Å². The van der Waals surface area contributed by atoms with E-state index in [2.05, 4.69) is 5.32 Å². The summed E-state index contributed by atoms with van der Waals surface area (Å²) >= 11 is 0. The molecule has 2 aromatic rings. The van der Waals surface area contributed by atoms with Crippen LogP contribution in [0.25, 0.3) is 0 Å². The molecule has 1 N–H and O–H groups in total. The number of amides is 2. The second-order valence-electron chi connectivity index (χ2n) is 5.65. The van der Waals surface area contributed by atoms with Crippen molar-refractivity contribution in [2.24, 2.45) is 5.92 Å². The maximum atomic E-state index is 13.8. The van der Waals surface area contributed by atoms with Gasteiger partial charge in [-0.05, 0) is 24.3 Å². The molecule has 1 heterocycles. The average Bonchev–Trinajstić information content (AvgIpc) is 2.97. The fraction of sp³-hybridized carbons (Fsp3) is 0.176. The molecular weight excluding hydrogens is 329 g/mol. The van der Waals surface area contributed by atoms with E-state index in [1.807, 2.05) is 0 Å². The number of nitrogens with one attached hydrogen (secondary N) is 1. The number of non-ortho nitro benzene ring substituents is 1. The topological polar surface area (TPSA) is 92.5 Å². The van der Waals surface area contributed by atoms with E-state index >= 15 is 0 Å². The largest absolute Gasteiger partial charge is 0.326 e. The summed E-state index contributed by atoms with van der Waals surface area (Å²) < 4.78 is 13.8. The molecule has 1 aliphatic heterocycles. The first-order valence-electron chi connectivity index (χ1n) is 7.56. The number of anilines is 2. The summed E-state index contributed by atoms with van der Waals surface area (Å²) in [6.07, 6.45) is -0.0207. The molecule has 0 bridgehead atoms. The van der Waals surface area contributed by atoms with Crippen LogP contribution in [0.1, 0.15) is 6.42 Å². The molecule has 0 spiro atoms. The minimum absolute atomic E-state index is 0.0207. The molecular formula is C17H14FN3O4.